The predicted octanol–water partition coefficient (Wildman–Crippen LogP) is 5.27. The second-order valence-corrected chi connectivity index (χ2v) is 5.91. The van der Waals surface area contributed by atoms with E-state index >= 15 is 0 Å². The van der Waals surface area contributed by atoms with E-state index in [0.29, 0.717) is 11.3 Å². The molecule has 0 N–H and O–H groups in total. The molecular formula is C15H9BrO2S. The van der Waals surface area contributed by atoms with Gasteiger partial charge in [-0.3, -0.25) is 4.79 Å². The average Bonchev–Trinajstić information content (AvgIpc) is 2.83. The third-order valence-corrected chi connectivity index (χ3v) is 4.43. The zero-order chi connectivity index (χ0) is 13.2. The van der Waals surface area contributed by atoms with Gasteiger partial charge in [-0.05, 0) is 29.7 Å². The molecule has 0 amide bonds. The van der Waals surface area contributed by atoms with E-state index in [4.69, 9.17) is 4.74 Å². The van der Waals surface area contributed by atoms with E-state index in [9.17, 15) is 4.79 Å². The van der Waals surface area contributed by atoms with Crippen molar-refractivity contribution < 1.29 is 9.53 Å². The van der Waals surface area contributed by atoms with Crippen LogP contribution >= 0.6 is 27.3 Å². The maximum atomic E-state index is 10.9. The Balaban J connectivity index is 1.94. The maximum Gasteiger partial charge on any atom is 0.182 e. The quantitative estimate of drug-likeness (QED) is 0.611. The number of aldehydes is 1. The van der Waals surface area contributed by atoms with Crippen LogP contribution in [0.25, 0.3) is 10.1 Å². The van der Waals surface area contributed by atoms with Gasteiger partial charge >= 0.3 is 0 Å². The number of fused-ring (bicyclic) bond motifs is 1. The van der Waals surface area contributed by atoms with Gasteiger partial charge in [0.25, 0.3) is 0 Å². The van der Waals surface area contributed by atoms with Gasteiger partial charge in [-0.1, -0.05) is 45.5 Å². The standard InChI is InChI=1S/C15H9BrO2S/c16-13-6-5-12(7-11(13)9-17)18-15-8-10-3-1-2-4-14(10)19-15/h1-9H. The van der Waals surface area contributed by atoms with Crippen LogP contribution in [0.15, 0.2) is 53.0 Å². The molecule has 0 unspecified atom stereocenters. The first-order chi connectivity index (χ1) is 9.26. The minimum atomic E-state index is 0.582. The van der Waals surface area contributed by atoms with E-state index < -0.39 is 0 Å². The zero-order valence-electron chi connectivity index (χ0n) is 9.80. The molecule has 19 heavy (non-hydrogen) atoms. The first-order valence-corrected chi connectivity index (χ1v) is 7.28. The lowest BCUT2D eigenvalue weighted by Crippen LogP contribution is -1.85. The molecular weight excluding hydrogens is 324 g/mol. The summed E-state index contributed by atoms with van der Waals surface area (Å²) in [7, 11) is 0. The summed E-state index contributed by atoms with van der Waals surface area (Å²) >= 11 is 4.91. The Hall–Kier alpha value is -1.65. The number of thiophene rings is 1. The van der Waals surface area contributed by atoms with Gasteiger partial charge in [-0.15, -0.1) is 0 Å². The second kappa shape index (κ2) is 5.15. The van der Waals surface area contributed by atoms with Crippen molar-refractivity contribution in [2.45, 2.75) is 0 Å². The summed E-state index contributed by atoms with van der Waals surface area (Å²) in [4.78, 5) is 10.9. The Labute approximate surface area is 122 Å². The Bertz CT molecular complexity index is 716. The number of hydrogen-bond donors (Lipinski definition) is 0. The molecule has 0 atom stereocenters. The number of carbonyl (C=O) groups excluding carboxylic acids is 1. The second-order valence-electron chi connectivity index (χ2n) is 4.01. The Morgan fingerprint density at radius 2 is 1.95 bits per heavy atom. The summed E-state index contributed by atoms with van der Waals surface area (Å²) in [6.07, 6.45) is 0.807. The summed E-state index contributed by atoms with van der Waals surface area (Å²) in [6, 6.07) is 15.5. The maximum absolute atomic E-state index is 10.9. The van der Waals surface area contributed by atoms with Crippen LogP contribution in [0.5, 0.6) is 10.8 Å². The van der Waals surface area contributed by atoms with Gasteiger partial charge in [0.05, 0.1) is 0 Å². The minimum absolute atomic E-state index is 0.582. The molecule has 0 aliphatic rings. The Morgan fingerprint density at radius 3 is 2.74 bits per heavy atom. The number of hydrogen-bond acceptors (Lipinski definition) is 3. The summed E-state index contributed by atoms with van der Waals surface area (Å²) < 4.78 is 7.75. The summed E-state index contributed by atoms with van der Waals surface area (Å²) in [5.74, 6) is 0.664. The van der Waals surface area contributed by atoms with Gasteiger partial charge in [-0.25, -0.2) is 0 Å². The molecule has 1 aromatic heterocycles. The number of halogens is 1. The summed E-state index contributed by atoms with van der Waals surface area (Å²) in [5.41, 5.74) is 0.582. The number of benzene rings is 2. The van der Waals surface area contributed by atoms with Gasteiger partial charge in [0, 0.05) is 20.8 Å². The molecule has 0 saturated heterocycles. The van der Waals surface area contributed by atoms with Crippen molar-refractivity contribution in [2.75, 3.05) is 0 Å². The molecule has 2 aromatic carbocycles. The largest absolute Gasteiger partial charge is 0.447 e. The number of rotatable bonds is 3. The minimum Gasteiger partial charge on any atom is -0.447 e. The van der Waals surface area contributed by atoms with Gasteiger partial charge in [-0.2, -0.15) is 0 Å². The van der Waals surface area contributed by atoms with Crippen molar-refractivity contribution in [1.82, 2.24) is 0 Å². The van der Waals surface area contributed by atoms with E-state index in [2.05, 4.69) is 28.1 Å². The SMILES string of the molecule is O=Cc1cc(Oc2cc3ccccc3s2)ccc1Br. The molecule has 4 heteroatoms. The van der Waals surface area contributed by atoms with E-state index in [1.807, 2.05) is 30.3 Å². The van der Waals surface area contributed by atoms with Gasteiger partial charge in [0.1, 0.15) is 5.75 Å². The zero-order valence-corrected chi connectivity index (χ0v) is 12.2. The number of ether oxygens (including phenoxy) is 1. The monoisotopic (exact) mass is 332 g/mol. The summed E-state index contributed by atoms with van der Waals surface area (Å²) in [5, 5.41) is 1.98. The first kappa shape index (κ1) is 12.4. The molecule has 0 aliphatic heterocycles. The van der Waals surface area contributed by atoms with Crippen molar-refractivity contribution >= 4 is 43.6 Å². The molecule has 0 spiro atoms. The number of carbonyl (C=O) groups is 1. The first-order valence-electron chi connectivity index (χ1n) is 5.67. The molecule has 0 fully saturated rings. The average molecular weight is 333 g/mol. The molecule has 0 bridgehead atoms. The van der Waals surface area contributed by atoms with Crippen LogP contribution in [0.2, 0.25) is 0 Å². The third-order valence-electron chi connectivity index (χ3n) is 2.72. The lowest BCUT2D eigenvalue weighted by molar-refractivity contribution is 0.112. The van der Waals surface area contributed by atoms with Crippen molar-refractivity contribution in [3.05, 3.63) is 58.6 Å². The van der Waals surface area contributed by atoms with Gasteiger partial charge < -0.3 is 4.74 Å². The van der Waals surface area contributed by atoms with Crippen LogP contribution in [-0.4, -0.2) is 6.29 Å². The van der Waals surface area contributed by atoms with Gasteiger partial charge in [0.2, 0.25) is 0 Å². The molecule has 0 radical (unpaired) electrons. The van der Waals surface area contributed by atoms with Crippen LogP contribution in [-0.2, 0) is 0 Å². The van der Waals surface area contributed by atoms with E-state index in [1.165, 1.54) is 4.70 Å². The highest BCUT2D eigenvalue weighted by Crippen LogP contribution is 2.35. The van der Waals surface area contributed by atoms with Crippen LogP contribution in [0.4, 0.5) is 0 Å². The normalized spacial score (nSPS) is 10.6. The fourth-order valence-electron chi connectivity index (χ4n) is 1.80. The molecule has 0 saturated carbocycles. The van der Waals surface area contributed by atoms with Crippen LogP contribution in [0, 0.1) is 0 Å². The molecule has 0 aliphatic carbocycles. The molecule has 3 rings (SSSR count). The highest BCUT2D eigenvalue weighted by Gasteiger charge is 2.05. The van der Waals surface area contributed by atoms with Crippen molar-refractivity contribution in [3.8, 4) is 10.8 Å². The van der Waals surface area contributed by atoms with E-state index in [-0.39, 0.29) is 0 Å². The van der Waals surface area contributed by atoms with E-state index in [0.717, 1.165) is 21.2 Å². The fraction of sp³-hybridized carbons (Fsp3) is 0. The smallest absolute Gasteiger partial charge is 0.182 e. The molecule has 1 heterocycles. The Kier molecular flexibility index (Phi) is 3.36. The van der Waals surface area contributed by atoms with E-state index in [1.54, 1.807) is 17.4 Å². The lowest BCUT2D eigenvalue weighted by atomic mass is 10.2. The van der Waals surface area contributed by atoms with Crippen molar-refractivity contribution in [2.24, 2.45) is 0 Å². The molecule has 3 aromatic rings. The van der Waals surface area contributed by atoms with Crippen LogP contribution < -0.4 is 4.74 Å². The Morgan fingerprint density at radius 1 is 1.11 bits per heavy atom. The molecule has 2 nitrogen and oxygen atoms in total. The molecule has 94 valence electrons. The van der Waals surface area contributed by atoms with Crippen molar-refractivity contribution in [3.63, 3.8) is 0 Å². The highest BCUT2D eigenvalue weighted by molar-refractivity contribution is 9.10. The van der Waals surface area contributed by atoms with Gasteiger partial charge in [0.15, 0.2) is 11.3 Å². The van der Waals surface area contributed by atoms with Crippen molar-refractivity contribution in [1.29, 1.82) is 0 Å². The highest BCUT2D eigenvalue weighted by atomic mass is 79.9. The lowest BCUT2D eigenvalue weighted by Gasteiger charge is -2.04. The van der Waals surface area contributed by atoms with Crippen LogP contribution in [0.3, 0.4) is 0 Å². The summed E-state index contributed by atoms with van der Waals surface area (Å²) in [6.45, 7) is 0. The van der Waals surface area contributed by atoms with Crippen LogP contribution in [0.1, 0.15) is 10.4 Å². The topological polar surface area (TPSA) is 26.3 Å². The predicted molar refractivity (Wildman–Crippen MR) is 81.4 cm³/mol. The third kappa shape index (κ3) is 2.55. The fourth-order valence-corrected chi connectivity index (χ4v) is 3.07.